The van der Waals surface area contributed by atoms with E-state index in [1.165, 1.54) is 18.2 Å². The molecule has 17 heavy (non-hydrogen) atoms. The minimum atomic E-state index is -3.23. The number of sulfone groups is 1. The summed E-state index contributed by atoms with van der Waals surface area (Å²) in [6.45, 7) is 0. The van der Waals surface area contributed by atoms with Crippen LogP contribution >= 0.6 is 0 Å². The maximum Gasteiger partial charge on any atom is 0.289 e. The normalized spacial score (nSPS) is 17.2. The van der Waals surface area contributed by atoms with Gasteiger partial charge in [-0.1, -0.05) is 0 Å². The van der Waals surface area contributed by atoms with Crippen LogP contribution in [0.1, 0.15) is 22.3 Å². The Labute approximate surface area is 98.5 Å². The third kappa shape index (κ3) is 2.08. The van der Waals surface area contributed by atoms with Gasteiger partial charge < -0.3 is 5.73 Å². The van der Waals surface area contributed by atoms with Gasteiger partial charge in [0.1, 0.15) is 0 Å². The molecule has 2 N–H and O–H groups in total. The number of carbonyl (C=O) groups is 2. The van der Waals surface area contributed by atoms with Gasteiger partial charge in [-0.3, -0.25) is 9.59 Å². The van der Waals surface area contributed by atoms with E-state index >= 15 is 0 Å². The van der Waals surface area contributed by atoms with Crippen LogP contribution < -0.4 is 5.73 Å². The summed E-state index contributed by atoms with van der Waals surface area (Å²) in [4.78, 5) is 22.4. The van der Waals surface area contributed by atoms with E-state index < -0.39 is 21.5 Å². The Kier molecular flexibility index (Phi) is 2.74. The molecule has 0 unspecified atom stereocenters. The largest absolute Gasteiger partial charge is 0.363 e. The van der Waals surface area contributed by atoms with E-state index in [1.807, 2.05) is 0 Å². The lowest BCUT2D eigenvalue weighted by Crippen LogP contribution is -2.24. The second kappa shape index (κ2) is 3.96. The maximum absolute atomic E-state index is 11.7. The van der Waals surface area contributed by atoms with Crippen molar-refractivity contribution in [1.29, 1.82) is 0 Å². The third-order valence-corrected chi connectivity index (χ3v) is 4.64. The summed E-state index contributed by atoms with van der Waals surface area (Å²) in [6.07, 6.45) is 1.12. The highest BCUT2D eigenvalue weighted by molar-refractivity contribution is 7.91. The molecule has 1 heterocycles. The first-order valence-electron chi connectivity index (χ1n) is 5.11. The van der Waals surface area contributed by atoms with E-state index in [-0.39, 0.29) is 16.2 Å². The zero-order valence-corrected chi connectivity index (χ0v) is 9.79. The van der Waals surface area contributed by atoms with Gasteiger partial charge in [0.2, 0.25) is 5.78 Å². The quantitative estimate of drug-likeness (QED) is 0.596. The van der Waals surface area contributed by atoms with Crippen molar-refractivity contribution in [3.8, 4) is 0 Å². The van der Waals surface area contributed by atoms with Crippen LogP contribution in [-0.4, -0.2) is 25.9 Å². The fourth-order valence-corrected chi connectivity index (χ4v) is 3.50. The Morgan fingerprint density at radius 2 is 1.94 bits per heavy atom. The molecule has 0 radical (unpaired) electrons. The van der Waals surface area contributed by atoms with Crippen molar-refractivity contribution in [2.45, 2.75) is 17.7 Å². The van der Waals surface area contributed by atoms with Crippen molar-refractivity contribution in [2.24, 2.45) is 5.73 Å². The van der Waals surface area contributed by atoms with Crippen LogP contribution in [0.2, 0.25) is 0 Å². The van der Waals surface area contributed by atoms with Crippen molar-refractivity contribution in [2.75, 3.05) is 5.75 Å². The summed E-state index contributed by atoms with van der Waals surface area (Å²) in [6, 6.07) is 4.15. The van der Waals surface area contributed by atoms with Crippen LogP contribution in [0, 0.1) is 0 Å². The first-order valence-corrected chi connectivity index (χ1v) is 6.77. The Balaban J connectivity index is 2.52. The summed E-state index contributed by atoms with van der Waals surface area (Å²) in [5, 5.41) is 0. The molecule has 0 saturated carbocycles. The van der Waals surface area contributed by atoms with Gasteiger partial charge in [0.15, 0.2) is 9.84 Å². The van der Waals surface area contributed by atoms with E-state index in [9.17, 15) is 18.0 Å². The average Bonchev–Trinajstić information content (AvgIpc) is 2.27. The number of amides is 1. The predicted molar refractivity (Wildman–Crippen MR) is 60.3 cm³/mol. The van der Waals surface area contributed by atoms with E-state index in [2.05, 4.69) is 0 Å². The molecule has 0 fully saturated rings. The molecule has 0 saturated heterocycles. The first kappa shape index (κ1) is 11.8. The van der Waals surface area contributed by atoms with E-state index in [4.69, 9.17) is 5.73 Å². The number of aryl methyl sites for hydroxylation is 1. The molecule has 90 valence electrons. The number of rotatable bonds is 2. The number of ketones is 1. The molecule has 0 bridgehead atoms. The third-order valence-electron chi connectivity index (χ3n) is 2.74. The molecule has 1 aliphatic rings. The lowest BCUT2D eigenvalue weighted by atomic mass is 10.0. The highest BCUT2D eigenvalue weighted by Gasteiger charge is 2.24. The molecule has 0 aliphatic carbocycles. The first-order chi connectivity index (χ1) is 7.92. The molecule has 1 aromatic rings. The smallest absolute Gasteiger partial charge is 0.289 e. The zero-order chi connectivity index (χ0) is 12.6. The monoisotopic (exact) mass is 253 g/mol. The van der Waals surface area contributed by atoms with Gasteiger partial charge in [-0.15, -0.1) is 0 Å². The molecule has 0 spiro atoms. The number of Topliss-reactive ketones (excluding diaryl/α,β-unsaturated/α-hetero) is 1. The van der Waals surface area contributed by atoms with E-state index in [0.29, 0.717) is 18.4 Å². The van der Waals surface area contributed by atoms with Gasteiger partial charge in [0.25, 0.3) is 5.91 Å². The number of carbonyl (C=O) groups excluding carboxylic acids is 2. The zero-order valence-electron chi connectivity index (χ0n) is 8.97. The van der Waals surface area contributed by atoms with Crippen LogP contribution in [-0.2, 0) is 21.1 Å². The maximum atomic E-state index is 11.7. The van der Waals surface area contributed by atoms with Gasteiger partial charge in [-0.2, -0.15) is 0 Å². The molecule has 6 heteroatoms. The summed E-state index contributed by atoms with van der Waals surface area (Å²) in [5.74, 6) is -1.71. The number of hydrogen-bond acceptors (Lipinski definition) is 4. The SMILES string of the molecule is NC(=O)C(=O)c1ccc2c(c1)CCCS2(=O)=O. The molecule has 0 atom stereocenters. The number of fused-ring (bicyclic) bond motifs is 1. The van der Waals surface area contributed by atoms with Crippen LogP contribution in [0.5, 0.6) is 0 Å². The fourth-order valence-electron chi connectivity index (χ4n) is 1.92. The molecule has 0 aromatic heterocycles. The average molecular weight is 253 g/mol. The lowest BCUT2D eigenvalue weighted by Gasteiger charge is -2.16. The highest BCUT2D eigenvalue weighted by atomic mass is 32.2. The molecular weight excluding hydrogens is 242 g/mol. The van der Waals surface area contributed by atoms with Crippen molar-refractivity contribution < 1.29 is 18.0 Å². The number of nitrogens with two attached hydrogens (primary N) is 1. The Morgan fingerprint density at radius 3 is 2.59 bits per heavy atom. The van der Waals surface area contributed by atoms with Crippen LogP contribution in [0.25, 0.3) is 0 Å². The summed E-state index contributed by atoms with van der Waals surface area (Å²) in [5.41, 5.74) is 5.62. The van der Waals surface area contributed by atoms with Crippen LogP contribution in [0.4, 0.5) is 0 Å². The van der Waals surface area contributed by atoms with Crippen molar-refractivity contribution >= 4 is 21.5 Å². The van der Waals surface area contributed by atoms with Gasteiger partial charge >= 0.3 is 0 Å². The van der Waals surface area contributed by atoms with E-state index in [0.717, 1.165) is 0 Å². The van der Waals surface area contributed by atoms with Crippen molar-refractivity contribution in [1.82, 2.24) is 0 Å². The topological polar surface area (TPSA) is 94.3 Å². The predicted octanol–water partition coefficient (Wildman–Crippen LogP) is 0.0745. The second-order valence-corrected chi connectivity index (χ2v) is 6.02. The lowest BCUT2D eigenvalue weighted by molar-refractivity contribution is -0.114. The molecule has 2 rings (SSSR count). The molecule has 5 nitrogen and oxygen atoms in total. The highest BCUT2D eigenvalue weighted by Crippen LogP contribution is 2.25. The van der Waals surface area contributed by atoms with Gasteiger partial charge in [-0.05, 0) is 36.6 Å². The van der Waals surface area contributed by atoms with Crippen molar-refractivity contribution in [3.05, 3.63) is 29.3 Å². The minimum Gasteiger partial charge on any atom is -0.363 e. The number of hydrogen-bond donors (Lipinski definition) is 1. The number of primary amides is 1. The molecular formula is C11H11NO4S. The molecule has 1 aliphatic heterocycles. The Bertz CT molecular complexity index is 604. The second-order valence-electron chi connectivity index (χ2n) is 3.94. The van der Waals surface area contributed by atoms with Gasteiger partial charge in [0.05, 0.1) is 10.6 Å². The summed E-state index contributed by atoms with van der Waals surface area (Å²) >= 11 is 0. The molecule has 1 amide bonds. The van der Waals surface area contributed by atoms with Crippen LogP contribution in [0.3, 0.4) is 0 Å². The summed E-state index contributed by atoms with van der Waals surface area (Å²) in [7, 11) is -3.23. The Hall–Kier alpha value is -1.69. The fraction of sp³-hybridized carbons (Fsp3) is 0.273. The summed E-state index contributed by atoms with van der Waals surface area (Å²) < 4.78 is 23.4. The van der Waals surface area contributed by atoms with E-state index in [1.54, 1.807) is 0 Å². The standard InChI is InChI=1S/C11H11NO4S/c12-11(14)10(13)8-3-4-9-7(6-8)2-1-5-17(9,15)16/h3-4,6H,1-2,5H2,(H2,12,14). The van der Waals surface area contributed by atoms with Gasteiger partial charge in [-0.25, -0.2) is 8.42 Å². The minimum absolute atomic E-state index is 0.128. The van der Waals surface area contributed by atoms with Gasteiger partial charge in [0, 0.05) is 5.56 Å². The Morgan fingerprint density at radius 1 is 1.24 bits per heavy atom. The van der Waals surface area contributed by atoms with Crippen LogP contribution in [0.15, 0.2) is 23.1 Å². The number of benzene rings is 1. The molecule has 1 aromatic carbocycles. The van der Waals surface area contributed by atoms with Crippen molar-refractivity contribution in [3.63, 3.8) is 0 Å².